The summed E-state index contributed by atoms with van der Waals surface area (Å²) >= 11 is 1.21. The second-order valence-electron chi connectivity index (χ2n) is 3.05. The number of ether oxygens (including phenoxy) is 1. The maximum Gasteiger partial charge on any atom is 0.359 e. The molecule has 2 rings (SSSR count). The quantitative estimate of drug-likeness (QED) is 0.859. The van der Waals surface area contributed by atoms with Gasteiger partial charge in [-0.05, 0) is 12.1 Å². The maximum atomic E-state index is 10.9. The molecule has 2 N–H and O–H groups in total. The van der Waals surface area contributed by atoms with Crippen molar-refractivity contribution in [3.8, 4) is 5.75 Å². The summed E-state index contributed by atoms with van der Waals surface area (Å²) in [5, 5.41) is 18.8. The van der Waals surface area contributed by atoms with Gasteiger partial charge in [-0.15, -0.1) is 5.10 Å². The molecule has 0 aliphatic rings. The molecule has 0 radical (unpaired) electrons. The van der Waals surface area contributed by atoms with Crippen molar-refractivity contribution in [3.63, 3.8) is 0 Å². The molecule has 6 nitrogen and oxygen atoms in total. The number of carboxylic acids is 1. The van der Waals surface area contributed by atoms with Crippen molar-refractivity contribution in [2.75, 3.05) is 7.11 Å². The Labute approximate surface area is 101 Å². The molecule has 0 fully saturated rings. The number of carbonyl (C=O) groups is 1. The van der Waals surface area contributed by atoms with E-state index in [4.69, 9.17) is 9.84 Å². The Balaban J connectivity index is 2.31. The van der Waals surface area contributed by atoms with E-state index in [2.05, 4.69) is 15.4 Å². The van der Waals surface area contributed by atoms with Gasteiger partial charge in [0.25, 0.3) is 0 Å². The van der Waals surface area contributed by atoms with Gasteiger partial charge in [-0.1, -0.05) is 29.1 Å². The Hall–Kier alpha value is -2.02. The van der Waals surface area contributed by atoms with E-state index >= 15 is 0 Å². The van der Waals surface area contributed by atoms with Crippen molar-refractivity contribution >= 4 is 17.7 Å². The standard InChI is InChI=1S/C10H9N3O3S/c1-16-6-4-2-3-5-7(6)17-9-8(10(14)15)11-13-12-9/h2-5H,1H3,(H,14,15)(H,11,12,13). The van der Waals surface area contributed by atoms with Crippen LogP contribution in [0.5, 0.6) is 5.75 Å². The largest absolute Gasteiger partial charge is 0.496 e. The van der Waals surface area contributed by atoms with Crippen molar-refractivity contribution in [2.24, 2.45) is 0 Å². The summed E-state index contributed by atoms with van der Waals surface area (Å²) in [6.45, 7) is 0. The molecule has 1 aromatic heterocycles. The maximum absolute atomic E-state index is 10.9. The average molecular weight is 251 g/mol. The van der Waals surface area contributed by atoms with Crippen LogP contribution in [0.4, 0.5) is 0 Å². The molecule has 17 heavy (non-hydrogen) atoms. The number of aromatic carboxylic acids is 1. The van der Waals surface area contributed by atoms with Gasteiger partial charge >= 0.3 is 5.97 Å². The fourth-order valence-corrected chi connectivity index (χ4v) is 2.17. The zero-order valence-corrected chi connectivity index (χ0v) is 9.69. The fraction of sp³-hybridized carbons (Fsp3) is 0.100. The van der Waals surface area contributed by atoms with Gasteiger partial charge < -0.3 is 9.84 Å². The van der Waals surface area contributed by atoms with Crippen LogP contribution in [0, 0.1) is 0 Å². The van der Waals surface area contributed by atoms with Gasteiger partial charge in [-0.2, -0.15) is 0 Å². The second kappa shape index (κ2) is 4.88. The normalized spacial score (nSPS) is 10.2. The first kappa shape index (κ1) is 11.5. The highest BCUT2D eigenvalue weighted by Gasteiger charge is 2.16. The summed E-state index contributed by atoms with van der Waals surface area (Å²) in [5.74, 6) is -0.445. The van der Waals surface area contributed by atoms with Gasteiger partial charge in [0.15, 0.2) is 0 Å². The Morgan fingerprint density at radius 3 is 2.94 bits per heavy atom. The number of hydrogen-bond acceptors (Lipinski definition) is 5. The van der Waals surface area contributed by atoms with Gasteiger partial charge in [0.2, 0.25) is 5.69 Å². The van der Waals surface area contributed by atoms with E-state index in [1.54, 1.807) is 13.2 Å². The molecule has 88 valence electrons. The van der Waals surface area contributed by atoms with Crippen molar-refractivity contribution < 1.29 is 14.6 Å². The smallest absolute Gasteiger partial charge is 0.359 e. The molecule has 0 atom stereocenters. The van der Waals surface area contributed by atoms with Crippen LogP contribution >= 0.6 is 11.8 Å². The molecular weight excluding hydrogens is 242 g/mol. The monoisotopic (exact) mass is 251 g/mol. The van der Waals surface area contributed by atoms with Gasteiger partial charge in [-0.3, -0.25) is 5.10 Å². The van der Waals surface area contributed by atoms with Crippen LogP contribution in [0.3, 0.4) is 0 Å². The first-order valence-corrected chi connectivity index (χ1v) is 5.49. The molecule has 0 spiro atoms. The lowest BCUT2D eigenvalue weighted by atomic mass is 10.3. The van der Waals surface area contributed by atoms with Crippen LogP contribution in [-0.4, -0.2) is 33.6 Å². The van der Waals surface area contributed by atoms with Crippen molar-refractivity contribution in [3.05, 3.63) is 30.0 Å². The minimum absolute atomic E-state index is 0.0964. The molecule has 0 bridgehead atoms. The summed E-state index contributed by atoms with van der Waals surface area (Å²) in [6.07, 6.45) is 0. The average Bonchev–Trinajstić information content (AvgIpc) is 2.78. The van der Waals surface area contributed by atoms with E-state index < -0.39 is 5.97 Å². The van der Waals surface area contributed by atoms with Crippen molar-refractivity contribution in [2.45, 2.75) is 9.92 Å². The Bertz CT molecular complexity index is 541. The molecule has 0 aliphatic carbocycles. The highest BCUT2D eigenvalue weighted by Crippen LogP contribution is 2.34. The van der Waals surface area contributed by atoms with Gasteiger partial charge in [0.05, 0.1) is 12.0 Å². The first-order chi connectivity index (χ1) is 8.22. The number of nitrogens with zero attached hydrogens (tertiary/aromatic N) is 2. The molecule has 7 heteroatoms. The Kier molecular flexibility index (Phi) is 3.29. The van der Waals surface area contributed by atoms with E-state index in [0.717, 1.165) is 4.90 Å². The van der Waals surface area contributed by atoms with Crippen molar-refractivity contribution in [1.82, 2.24) is 15.4 Å². The van der Waals surface area contributed by atoms with E-state index in [1.807, 2.05) is 18.2 Å². The zero-order valence-electron chi connectivity index (χ0n) is 8.88. The van der Waals surface area contributed by atoms with Gasteiger partial charge in [0.1, 0.15) is 10.8 Å². The third kappa shape index (κ3) is 2.39. The topological polar surface area (TPSA) is 88.1 Å². The summed E-state index contributed by atoms with van der Waals surface area (Å²) in [7, 11) is 1.56. The van der Waals surface area contributed by atoms with Crippen LogP contribution < -0.4 is 4.74 Å². The molecule has 0 amide bonds. The van der Waals surface area contributed by atoms with Crippen LogP contribution in [0.25, 0.3) is 0 Å². The first-order valence-electron chi connectivity index (χ1n) is 4.67. The predicted molar refractivity (Wildman–Crippen MR) is 60.5 cm³/mol. The zero-order chi connectivity index (χ0) is 12.3. The fourth-order valence-electron chi connectivity index (χ4n) is 1.24. The lowest BCUT2D eigenvalue weighted by Gasteiger charge is -2.05. The molecule has 1 heterocycles. The van der Waals surface area contributed by atoms with Gasteiger partial charge in [-0.25, -0.2) is 4.79 Å². The summed E-state index contributed by atoms with van der Waals surface area (Å²) in [6, 6.07) is 7.31. The number of para-hydroxylation sites is 1. The molecule has 0 unspecified atom stereocenters. The molecule has 0 saturated carbocycles. The van der Waals surface area contributed by atoms with Crippen molar-refractivity contribution in [1.29, 1.82) is 0 Å². The van der Waals surface area contributed by atoms with Crippen LogP contribution in [0.15, 0.2) is 34.2 Å². The van der Waals surface area contributed by atoms with Crippen LogP contribution in [0.2, 0.25) is 0 Å². The number of benzene rings is 1. The molecule has 0 aliphatic heterocycles. The number of aromatic amines is 1. The lowest BCUT2D eigenvalue weighted by molar-refractivity contribution is 0.0686. The number of carboxylic acid groups (broad SMARTS) is 1. The summed E-state index contributed by atoms with van der Waals surface area (Å²) in [4.78, 5) is 11.7. The number of methoxy groups -OCH3 is 1. The minimum atomic E-state index is -1.11. The number of nitrogens with one attached hydrogen (secondary N) is 1. The number of aromatic nitrogens is 3. The van der Waals surface area contributed by atoms with Gasteiger partial charge in [0, 0.05) is 0 Å². The number of hydrogen-bond donors (Lipinski definition) is 2. The number of H-pyrrole nitrogens is 1. The molecular formula is C10H9N3O3S. The highest BCUT2D eigenvalue weighted by atomic mass is 32.2. The predicted octanol–water partition coefficient (Wildman–Crippen LogP) is 1.66. The second-order valence-corrected chi connectivity index (χ2v) is 4.10. The molecule has 2 aromatic rings. The highest BCUT2D eigenvalue weighted by molar-refractivity contribution is 7.99. The van der Waals surface area contributed by atoms with E-state index in [-0.39, 0.29) is 5.69 Å². The Morgan fingerprint density at radius 1 is 1.47 bits per heavy atom. The van der Waals surface area contributed by atoms with E-state index in [1.165, 1.54) is 11.8 Å². The summed E-state index contributed by atoms with van der Waals surface area (Å²) < 4.78 is 5.17. The SMILES string of the molecule is COc1ccccc1Sc1[nH]nnc1C(=O)O. The lowest BCUT2D eigenvalue weighted by Crippen LogP contribution is -1.98. The minimum Gasteiger partial charge on any atom is -0.496 e. The van der Waals surface area contributed by atoms with E-state index in [0.29, 0.717) is 10.8 Å². The Morgan fingerprint density at radius 2 is 2.24 bits per heavy atom. The molecule has 0 saturated heterocycles. The van der Waals surface area contributed by atoms with Crippen LogP contribution in [0.1, 0.15) is 10.5 Å². The van der Waals surface area contributed by atoms with Crippen LogP contribution in [-0.2, 0) is 0 Å². The number of rotatable bonds is 4. The molecule has 1 aromatic carbocycles. The third-order valence-electron chi connectivity index (χ3n) is 2.00. The summed E-state index contributed by atoms with van der Waals surface area (Å²) in [5.41, 5.74) is -0.0964. The third-order valence-corrected chi connectivity index (χ3v) is 3.05. The van der Waals surface area contributed by atoms with E-state index in [9.17, 15) is 4.79 Å².